The van der Waals surface area contributed by atoms with Gasteiger partial charge in [-0.25, -0.2) is 4.39 Å². The molecule has 2 heterocycles. The number of ether oxygens (including phenoxy) is 3. The molecule has 0 spiro atoms. The normalized spacial score (nSPS) is 27.3. The fourth-order valence-electron chi connectivity index (χ4n) is 4.69. The summed E-state index contributed by atoms with van der Waals surface area (Å²) in [4.78, 5) is 24.1. The first-order valence-electron chi connectivity index (χ1n) is 9.81. The van der Waals surface area contributed by atoms with Crippen molar-refractivity contribution in [2.45, 2.75) is 63.3 Å². The summed E-state index contributed by atoms with van der Waals surface area (Å²) in [5.74, 6) is -0.605. The van der Waals surface area contributed by atoms with Crippen LogP contribution in [0.15, 0.2) is 18.2 Å². The van der Waals surface area contributed by atoms with E-state index in [0.29, 0.717) is 31.6 Å². The van der Waals surface area contributed by atoms with Gasteiger partial charge in [0.15, 0.2) is 6.29 Å². The van der Waals surface area contributed by atoms with Gasteiger partial charge in [-0.1, -0.05) is 25.0 Å². The van der Waals surface area contributed by atoms with Gasteiger partial charge in [-0.3, -0.25) is 9.59 Å². The first kappa shape index (κ1) is 18.6. The number of ketones is 1. The summed E-state index contributed by atoms with van der Waals surface area (Å²) in [5, 5.41) is 0. The quantitative estimate of drug-likeness (QED) is 0.580. The Morgan fingerprint density at radius 1 is 1.11 bits per heavy atom. The van der Waals surface area contributed by atoms with E-state index in [9.17, 15) is 14.0 Å². The van der Waals surface area contributed by atoms with Gasteiger partial charge in [-0.15, -0.1) is 0 Å². The Labute approximate surface area is 158 Å². The van der Waals surface area contributed by atoms with E-state index in [0.717, 1.165) is 31.2 Å². The van der Waals surface area contributed by atoms with Crippen molar-refractivity contribution < 1.29 is 28.2 Å². The molecule has 146 valence electrons. The number of Topliss-reactive ketones (excluding diaryl/α,β-unsaturated/α-hetero) is 1. The van der Waals surface area contributed by atoms with Gasteiger partial charge >= 0.3 is 5.97 Å². The van der Waals surface area contributed by atoms with E-state index in [1.807, 2.05) is 6.07 Å². The summed E-state index contributed by atoms with van der Waals surface area (Å²) in [6.07, 6.45) is 4.78. The lowest BCUT2D eigenvalue weighted by Crippen LogP contribution is -2.48. The average molecular weight is 376 g/mol. The van der Waals surface area contributed by atoms with Crippen LogP contribution in [0.4, 0.5) is 4.39 Å². The molecule has 0 bridgehead atoms. The largest absolute Gasteiger partial charge is 0.458 e. The lowest BCUT2D eigenvalue weighted by molar-refractivity contribution is -0.178. The van der Waals surface area contributed by atoms with E-state index < -0.39 is 17.9 Å². The van der Waals surface area contributed by atoms with Gasteiger partial charge in [0.05, 0.1) is 13.2 Å². The van der Waals surface area contributed by atoms with Crippen LogP contribution in [0.2, 0.25) is 0 Å². The Morgan fingerprint density at radius 3 is 2.52 bits per heavy atom. The van der Waals surface area contributed by atoms with Crippen molar-refractivity contribution >= 4 is 11.8 Å². The molecule has 1 saturated carbocycles. The lowest BCUT2D eigenvalue weighted by Gasteiger charge is -2.41. The number of hydrogen-bond acceptors (Lipinski definition) is 5. The second-order valence-electron chi connectivity index (χ2n) is 7.84. The van der Waals surface area contributed by atoms with E-state index >= 15 is 0 Å². The third-order valence-electron chi connectivity index (χ3n) is 6.03. The number of hydrogen-bond donors (Lipinski definition) is 0. The van der Waals surface area contributed by atoms with Crippen LogP contribution in [0.1, 0.15) is 62.4 Å². The number of carbonyl (C=O) groups excluding carboxylic acids is 2. The smallest absolute Gasteiger partial charge is 0.313 e. The third-order valence-corrected chi connectivity index (χ3v) is 6.03. The molecule has 0 amide bonds. The van der Waals surface area contributed by atoms with Crippen molar-refractivity contribution in [1.82, 2.24) is 0 Å². The highest BCUT2D eigenvalue weighted by molar-refractivity contribution is 5.98. The molecule has 1 aromatic rings. The first-order valence-corrected chi connectivity index (χ1v) is 9.81. The highest BCUT2D eigenvalue weighted by Crippen LogP contribution is 2.44. The summed E-state index contributed by atoms with van der Waals surface area (Å²) >= 11 is 0. The molecule has 0 radical (unpaired) electrons. The number of halogens is 1. The zero-order valence-corrected chi connectivity index (χ0v) is 15.4. The zero-order chi connectivity index (χ0) is 18.9. The molecule has 1 aliphatic carbocycles. The van der Waals surface area contributed by atoms with Gasteiger partial charge < -0.3 is 14.2 Å². The first-order chi connectivity index (χ1) is 13.1. The molecule has 1 atom stereocenters. The van der Waals surface area contributed by atoms with E-state index in [4.69, 9.17) is 14.2 Å². The number of benzene rings is 1. The maximum Gasteiger partial charge on any atom is 0.313 e. The minimum atomic E-state index is -0.726. The molecule has 5 nitrogen and oxygen atoms in total. The molecule has 3 fully saturated rings. The Hall–Kier alpha value is -1.79. The summed E-state index contributed by atoms with van der Waals surface area (Å²) in [7, 11) is 0. The molecule has 1 unspecified atom stereocenters. The van der Waals surface area contributed by atoms with Crippen LogP contribution in [0.5, 0.6) is 0 Å². The second-order valence-corrected chi connectivity index (χ2v) is 7.84. The Kier molecular flexibility index (Phi) is 5.28. The molecule has 0 N–H and O–H groups in total. The van der Waals surface area contributed by atoms with Crippen LogP contribution in [-0.4, -0.2) is 30.6 Å². The number of cyclic esters (lactones) is 1. The van der Waals surface area contributed by atoms with Crippen molar-refractivity contribution in [3.8, 4) is 0 Å². The minimum Gasteiger partial charge on any atom is -0.458 e. The second kappa shape index (κ2) is 7.68. The van der Waals surface area contributed by atoms with Gasteiger partial charge in [0, 0.05) is 12.0 Å². The molecule has 3 aliphatic rings. The van der Waals surface area contributed by atoms with Gasteiger partial charge in [0.1, 0.15) is 23.6 Å². The van der Waals surface area contributed by atoms with Crippen LogP contribution in [-0.2, 0) is 30.2 Å². The lowest BCUT2D eigenvalue weighted by atomic mass is 9.76. The Balaban J connectivity index is 1.50. The number of esters is 1. The molecule has 2 saturated heterocycles. The van der Waals surface area contributed by atoms with Gasteiger partial charge in [0.25, 0.3) is 0 Å². The number of rotatable bonds is 5. The predicted molar refractivity (Wildman–Crippen MR) is 94.4 cm³/mol. The van der Waals surface area contributed by atoms with Crippen molar-refractivity contribution in [2.75, 3.05) is 13.2 Å². The summed E-state index contributed by atoms with van der Waals surface area (Å²) in [6.45, 7) is 0.935. The Bertz CT molecular complexity index is 703. The van der Waals surface area contributed by atoms with Crippen LogP contribution < -0.4 is 0 Å². The minimum absolute atomic E-state index is 0.0461. The fraction of sp³-hybridized carbons (Fsp3) is 0.619. The number of aryl methyl sites for hydroxylation is 1. The van der Waals surface area contributed by atoms with E-state index in [2.05, 4.69) is 0 Å². The van der Waals surface area contributed by atoms with Crippen LogP contribution in [0, 0.1) is 11.7 Å². The van der Waals surface area contributed by atoms with Crippen LogP contribution in [0.3, 0.4) is 0 Å². The highest BCUT2D eigenvalue weighted by Gasteiger charge is 2.47. The standard InChI is InChI=1S/C21H25FO5/c22-18-11-14(5-6-17(18)20-25-9-10-26-20)7-8-21(15-3-1-2-4-15)13-16(23)12-19(24)27-21/h5-6,11,15,20H,1-4,7-10,12-13H2. The summed E-state index contributed by atoms with van der Waals surface area (Å²) < 4.78 is 31.0. The molecule has 2 aliphatic heterocycles. The van der Waals surface area contributed by atoms with Crippen molar-refractivity contribution in [3.05, 3.63) is 35.1 Å². The van der Waals surface area contributed by atoms with E-state index in [1.165, 1.54) is 6.07 Å². The molecular weight excluding hydrogens is 351 g/mol. The highest BCUT2D eigenvalue weighted by atomic mass is 19.1. The predicted octanol–water partition coefficient (Wildman–Crippen LogP) is 3.64. The van der Waals surface area contributed by atoms with E-state index in [1.54, 1.807) is 6.07 Å². The molecule has 1 aromatic carbocycles. The monoisotopic (exact) mass is 376 g/mol. The van der Waals surface area contributed by atoms with Gasteiger partial charge in [-0.2, -0.15) is 0 Å². The molecule has 0 aromatic heterocycles. The van der Waals surface area contributed by atoms with Gasteiger partial charge in [-0.05, 0) is 43.2 Å². The van der Waals surface area contributed by atoms with Crippen molar-refractivity contribution in [3.63, 3.8) is 0 Å². The molecule has 4 rings (SSSR count). The van der Waals surface area contributed by atoms with E-state index in [-0.39, 0.29) is 30.4 Å². The third kappa shape index (κ3) is 3.92. The molecule has 27 heavy (non-hydrogen) atoms. The molecular formula is C21H25FO5. The number of carbonyl (C=O) groups is 2. The van der Waals surface area contributed by atoms with Crippen LogP contribution >= 0.6 is 0 Å². The maximum atomic E-state index is 14.5. The van der Waals surface area contributed by atoms with Crippen LogP contribution in [0.25, 0.3) is 0 Å². The topological polar surface area (TPSA) is 61.8 Å². The Morgan fingerprint density at radius 2 is 1.85 bits per heavy atom. The average Bonchev–Trinajstić information content (AvgIpc) is 3.33. The maximum absolute atomic E-state index is 14.5. The fourth-order valence-corrected chi connectivity index (χ4v) is 4.69. The zero-order valence-electron chi connectivity index (χ0n) is 15.4. The van der Waals surface area contributed by atoms with Crippen molar-refractivity contribution in [1.29, 1.82) is 0 Å². The van der Waals surface area contributed by atoms with Gasteiger partial charge in [0.2, 0.25) is 0 Å². The summed E-state index contributed by atoms with van der Waals surface area (Å²) in [6, 6.07) is 5.05. The summed E-state index contributed by atoms with van der Waals surface area (Å²) in [5.41, 5.74) is 0.497. The SMILES string of the molecule is O=C1CC(=O)OC(CCc2ccc(C3OCCO3)c(F)c2)(C2CCCC2)C1. The van der Waals surface area contributed by atoms with Crippen molar-refractivity contribution in [2.24, 2.45) is 5.92 Å². The molecule has 6 heteroatoms.